The van der Waals surface area contributed by atoms with E-state index in [9.17, 15) is 42.3 Å². The average molecular weight is 1060 g/mol. The molecule has 4 aromatic carbocycles. The summed E-state index contributed by atoms with van der Waals surface area (Å²) in [5.74, 6) is -2.88. The second-order valence-corrected chi connectivity index (χ2v) is 20.9. The lowest BCUT2D eigenvalue weighted by Crippen LogP contribution is -2.58. The normalized spacial score (nSPS) is 17.1. The van der Waals surface area contributed by atoms with Crippen molar-refractivity contribution in [3.63, 3.8) is 0 Å². The number of aromatic nitrogens is 1. The highest BCUT2D eigenvalue weighted by atomic mass is 32.1. The smallest absolute Gasteiger partial charge is 0.418 e. The lowest BCUT2D eigenvalue weighted by molar-refractivity contribution is -0.144. The maximum Gasteiger partial charge on any atom is 0.418 e. The number of hydrogen-bond donors (Lipinski definition) is 5. The van der Waals surface area contributed by atoms with E-state index in [2.05, 4.69) is 26.3 Å². The number of anilines is 3. The van der Waals surface area contributed by atoms with Crippen LogP contribution in [-0.2, 0) is 36.7 Å². The third kappa shape index (κ3) is 12.2. The highest BCUT2D eigenvalue weighted by Crippen LogP contribution is 2.42. The summed E-state index contributed by atoms with van der Waals surface area (Å²) in [6.07, 6.45) is -5.30. The molecule has 15 nitrogen and oxygen atoms in total. The molecule has 74 heavy (non-hydrogen) atoms. The first kappa shape index (κ1) is 54.8. The number of thiocarbonyl (C=S) groups is 1. The van der Waals surface area contributed by atoms with Crippen LogP contribution in [-0.4, -0.2) is 100 Å². The van der Waals surface area contributed by atoms with Gasteiger partial charge in [0, 0.05) is 38.7 Å². The zero-order chi connectivity index (χ0) is 53.9. The summed E-state index contributed by atoms with van der Waals surface area (Å²) >= 11 is 7.15. The van der Waals surface area contributed by atoms with E-state index < -0.39 is 82.8 Å². The first-order valence-corrected chi connectivity index (χ1v) is 25.1. The lowest BCUT2D eigenvalue weighted by atomic mass is 9.85. The van der Waals surface area contributed by atoms with Crippen molar-refractivity contribution in [2.45, 2.75) is 97.3 Å². The van der Waals surface area contributed by atoms with Gasteiger partial charge in [-0.15, -0.1) is 11.3 Å². The van der Waals surface area contributed by atoms with E-state index in [-0.39, 0.29) is 54.7 Å². The van der Waals surface area contributed by atoms with Crippen LogP contribution >= 0.6 is 23.6 Å². The number of aryl methyl sites for hydroxylation is 1. The van der Waals surface area contributed by atoms with Gasteiger partial charge < -0.3 is 40.9 Å². The van der Waals surface area contributed by atoms with Crippen molar-refractivity contribution in [1.82, 2.24) is 25.8 Å². The van der Waals surface area contributed by atoms with E-state index in [4.69, 9.17) is 17.0 Å². The molecule has 2 aliphatic rings. The number of thiazole rings is 1. The Hall–Kier alpha value is -6.97. The highest BCUT2D eigenvalue weighted by Gasteiger charge is 2.51. The zero-order valence-electron chi connectivity index (χ0n) is 41.9. The van der Waals surface area contributed by atoms with E-state index >= 15 is 4.39 Å². The molecule has 0 aliphatic carbocycles. The molecule has 2 fully saturated rings. The van der Waals surface area contributed by atoms with Crippen LogP contribution in [0.15, 0.2) is 90.4 Å². The summed E-state index contributed by atoms with van der Waals surface area (Å²) < 4.78 is 63.4. The van der Waals surface area contributed by atoms with Gasteiger partial charge in [-0.3, -0.25) is 28.9 Å². The Bertz CT molecular complexity index is 2930. The Morgan fingerprint density at radius 1 is 0.932 bits per heavy atom. The van der Waals surface area contributed by atoms with Gasteiger partial charge >= 0.3 is 6.18 Å². The second kappa shape index (κ2) is 22.2. The molecule has 0 bridgehead atoms. The molecule has 0 unspecified atom stereocenters. The van der Waals surface area contributed by atoms with Gasteiger partial charge in [0.2, 0.25) is 23.6 Å². The standard InChI is InChI=1S/C53H58F4N8O7S2/c1-30-45(74-29-61-30)33-12-10-31(11-13-33)26-60-47(69)42-25-36(66)28-63(42)48(70)46(51(2,3)4)62-44(68)27-59-43(67)9-8-22-72-37-18-14-32(15-19-37)34-16-21-41(39(54)23-34)65-50(73)64(49(71)52(65,5)6)35-17-20-40(58-7)38(24-35)53(55,56)57/h10-21,23-24,29,36,42,46,58,66H,8-9,22,25-28H2,1-7H3,(H,59,67)(H,60,69)(H,62,68)/t36-,42+,46-/m1/s1. The van der Waals surface area contributed by atoms with Crippen LogP contribution in [0.1, 0.15) is 70.7 Å². The van der Waals surface area contributed by atoms with Gasteiger partial charge in [0.15, 0.2) is 5.11 Å². The number of benzene rings is 4. The van der Waals surface area contributed by atoms with Gasteiger partial charge in [0.05, 0.1) is 52.3 Å². The van der Waals surface area contributed by atoms with Crippen LogP contribution in [0.25, 0.3) is 21.6 Å². The minimum Gasteiger partial charge on any atom is -0.494 e. The Balaban J connectivity index is 0.867. The van der Waals surface area contributed by atoms with Gasteiger partial charge in [-0.2, -0.15) is 13.2 Å². The minimum absolute atomic E-state index is 0.0227. The first-order valence-electron chi connectivity index (χ1n) is 23.8. The number of nitrogens with one attached hydrogen (secondary N) is 4. The number of nitrogens with zero attached hydrogens (tertiary/aromatic N) is 4. The molecule has 0 radical (unpaired) electrons. The number of hydrogen-bond acceptors (Lipinski definition) is 11. The summed E-state index contributed by atoms with van der Waals surface area (Å²) in [5.41, 5.74) is 2.14. The molecule has 5 N–H and O–H groups in total. The third-order valence-corrected chi connectivity index (χ3v) is 14.2. The van der Waals surface area contributed by atoms with Gasteiger partial charge in [0.1, 0.15) is 29.2 Å². The number of aliphatic hydroxyl groups excluding tert-OH is 1. The molecule has 5 aromatic rings. The van der Waals surface area contributed by atoms with Crippen LogP contribution < -0.4 is 35.8 Å². The first-order chi connectivity index (χ1) is 34.9. The van der Waals surface area contributed by atoms with Gasteiger partial charge in [-0.25, -0.2) is 9.37 Å². The number of rotatable bonds is 17. The number of amides is 5. The third-order valence-electron chi connectivity index (χ3n) is 12.9. The number of likely N-dealkylation sites (tertiary alicyclic amines) is 1. The van der Waals surface area contributed by atoms with Crippen LogP contribution in [0.5, 0.6) is 5.75 Å². The van der Waals surface area contributed by atoms with Crippen molar-refractivity contribution in [1.29, 1.82) is 0 Å². The monoisotopic (exact) mass is 1060 g/mol. The fraction of sp³-hybridized carbons (Fsp3) is 0.377. The van der Waals surface area contributed by atoms with Crippen molar-refractivity contribution >= 4 is 75.3 Å². The molecule has 21 heteroatoms. The number of aliphatic hydroxyl groups is 1. The molecule has 2 aliphatic heterocycles. The molecule has 1 aromatic heterocycles. The number of β-amino-alcohol motifs (C(OH)–C–C–N with tert-alkyl or cyclic N) is 1. The van der Waals surface area contributed by atoms with E-state index in [1.807, 2.05) is 31.2 Å². The number of carbonyl (C=O) groups is 5. The fourth-order valence-corrected chi connectivity index (χ4v) is 10.2. The second-order valence-electron chi connectivity index (χ2n) is 19.7. The van der Waals surface area contributed by atoms with E-state index in [1.165, 1.54) is 55.0 Å². The molecule has 5 amide bonds. The van der Waals surface area contributed by atoms with Gasteiger partial charge in [-0.05, 0) is 110 Å². The van der Waals surface area contributed by atoms with Gasteiger partial charge in [0.25, 0.3) is 5.91 Å². The highest BCUT2D eigenvalue weighted by molar-refractivity contribution is 7.81. The summed E-state index contributed by atoms with van der Waals surface area (Å²) in [5, 5.41) is 21.1. The molecular weight excluding hydrogens is 1000 g/mol. The van der Waals surface area contributed by atoms with E-state index in [0.29, 0.717) is 23.3 Å². The van der Waals surface area contributed by atoms with Crippen LogP contribution in [0, 0.1) is 18.2 Å². The number of carbonyl (C=O) groups excluding carboxylic acids is 5. The Kier molecular flexibility index (Phi) is 16.5. The number of alkyl halides is 3. The Labute approximate surface area is 435 Å². The Morgan fingerprint density at radius 2 is 1.61 bits per heavy atom. The number of halogens is 4. The summed E-state index contributed by atoms with van der Waals surface area (Å²) in [7, 11) is 1.35. The molecule has 0 saturated carbocycles. The predicted molar refractivity (Wildman–Crippen MR) is 279 cm³/mol. The van der Waals surface area contributed by atoms with Crippen LogP contribution in [0.2, 0.25) is 0 Å². The molecule has 0 spiro atoms. The van der Waals surface area contributed by atoms with Crippen molar-refractivity contribution < 1.29 is 51.4 Å². The fourth-order valence-electron chi connectivity index (χ4n) is 8.84. The average Bonchev–Trinajstić information content (AvgIpc) is 4.02. The topological polar surface area (TPSA) is 186 Å². The van der Waals surface area contributed by atoms with Crippen LogP contribution in [0.4, 0.5) is 34.6 Å². The zero-order valence-corrected chi connectivity index (χ0v) is 43.5. The SMILES string of the molecule is CNc1ccc(N2C(=O)C(C)(C)N(c3ccc(-c4ccc(OCCCC(=O)NCC(=O)N[C@H](C(=O)N5C[C@H](O)C[C@H]5C(=O)NCc5ccc(-c6scnc6C)cc5)C(C)(C)C)cc4)cc3F)C2=S)cc1C(F)(F)F. The minimum atomic E-state index is -4.72. The largest absolute Gasteiger partial charge is 0.494 e. The van der Waals surface area contributed by atoms with Crippen molar-refractivity contribution in [2.75, 3.05) is 41.9 Å². The van der Waals surface area contributed by atoms with E-state index in [1.54, 1.807) is 68.0 Å². The van der Waals surface area contributed by atoms with Crippen molar-refractivity contribution in [2.24, 2.45) is 5.41 Å². The molecule has 7 rings (SSSR count). The van der Waals surface area contributed by atoms with Crippen molar-refractivity contribution in [3.05, 3.63) is 113 Å². The van der Waals surface area contributed by atoms with Gasteiger partial charge in [-0.1, -0.05) is 63.2 Å². The summed E-state index contributed by atoms with van der Waals surface area (Å²) in [6, 6.07) is 20.2. The molecule has 2 saturated heterocycles. The lowest BCUT2D eigenvalue weighted by Gasteiger charge is -2.35. The van der Waals surface area contributed by atoms with E-state index in [0.717, 1.165) is 32.7 Å². The number of ether oxygens (including phenoxy) is 1. The van der Waals surface area contributed by atoms with Crippen molar-refractivity contribution in [3.8, 4) is 27.3 Å². The summed E-state index contributed by atoms with van der Waals surface area (Å²) in [6.45, 7) is 10.1. The molecule has 3 atom stereocenters. The maximum atomic E-state index is 16.0. The van der Waals surface area contributed by atoms with Crippen LogP contribution in [0.3, 0.4) is 0 Å². The molecule has 392 valence electrons. The molecular formula is C53H58F4N8O7S2. The predicted octanol–water partition coefficient (Wildman–Crippen LogP) is 7.99. The quantitative estimate of drug-likeness (QED) is 0.0346. The molecule has 3 heterocycles. The Morgan fingerprint density at radius 3 is 2.23 bits per heavy atom. The summed E-state index contributed by atoms with van der Waals surface area (Å²) in [4.78, 5) is 76.0. The maximum absolute atomic E-state index is 16.0.